The summed E-state index contributed by atoms with van der Waals surface area (Å²) in [6.45, 7) is 0.636. The van der Waals surface area contributed by atoms with Gasteiger partial charge in [-0.3, -0.25) is 4.98 Å². The fraction of sp³-hybridized carbons (Fsp3) is 0.300. The third kappa shape index (κ3) is 4.85. The molecule has 0 saturated heterocycles. The second-order valence-electron chi connectivity index (χ2n) is 6.54. The SMILES string of the molecule is O=C(NCc1nc(C2CC2)no1)Nc1ccccc1OCCc1ccccn1. The summed E-state index contributed by atoms with van der Waals surface area (Å²) in [5, 5.41) is 9.44. The zero-order valence-electron chi connectivity index (χ0n) is 15.3. The Kier molecular flexibility index (Phi) is 5.46. The van der Waals surface area contributed by atoms with E-state index in [1.165, 1.54) is 0 Å². The fourth-order valence-corrected chi connectivity index (χ4v) is 2.68. The highest BCUT2D eigenvalue weighted by atomic mass is 16.5. The van der Waals surface area contributed by atoms with Gasteiger partial charge in [0.05, 0.1) is 18.8 Å². The second kappa shape index (κ2) is 8.51. The van der Waals surface area contributed by atoms with Gasteiger partial charge in [0, 0.05) is 24.2 Å². The lowest BCUT2D eigenvalue weighted by atomic mass is 10.2. The van der Waals surface area contributed by atoms with E-state index in [0.717, 1.165) is 24.4 Å². The number of para-hydroxylation sites is 2. The summed E-state index contributed by atoms with van der Waals surface area (Å²) in [5.74, 6) is 2.14. The van der Waals surface area contributed by atoms with Crippen LogP contribution >= 0.6 is 0 Å². The number of hydrogen-bond acceptors (Lipinski definition) is 6. The summed E-state index contributed by atoms with van der Waals surface area (Å²) < 4.78 is 11.0. The Morgan fingerprint density at radius 1 is 1.18 bits per heavy atom. The smallest absolute Gasteiger partial charge is 0.319 e. The van der Waals surface area contributed by atoms with Crippen LogP contribution in [0, 0.1) is 0 Å². The van der Waals surface area contributed by atoms with E-state index < -0.39 is 0 Å². The third-order valence-electron chi connectivity index (χ3n) is 4.30. The molecule has 0 aliphatic heterocycles. The first kappa shape index (κ1) is 18.0. The van der Waals surface area contributed by atoms with Crippen LogP contribution in [0.4, 0.5) is 10.5 Å². The van der Waals surface area contributed by atoms with Gasteiger partial charge < -0.3 is 19.9 Å². The van der Waals surface area contributed by atoms with Crippen molar-refractivity contribution in [3.05, 3.63) is 66.1 Å². The number of ether oxygens (including phenoxy) is 1. The van der Waals surface area contributed by atoms with Crippen molar-refractivity contribution in [1.82, 2.24) is 20.4 Å². The third-order valence-corrected chi connectivity index (χ3v) is 4.30. The molecule has 0 spiro atoms. The molecule has 1 aliphatic carbocycles. The number of aromatic nitrogens is 3. The molecule has 1 aliphatic rings. The Hall–Kier alpha value is -3.42. The number of rotatable bonds is 8. The summed E-state index contributed by atoms with van der Waals surface area (Å²) >= 11 is 0. The molecule has 3 aromatic rings. The number of carbonyl (C=O) groups excluding carboxylic acids is 1. The second-order valence-corrected chi connectivity index (χ2v) is 6.54. The van der Waals surface area contributed by atoms with E-state index >= 15 is 0 Å². The van der Waals surface area contributed by atoms with E-state index in [-0.39, 0.29) is 12.6 Å². The van der Waals surface area contributed by atoms with Crippen molar-refractivity contribution in [2.75, 3.05) is 11.9 Å². The zero-order valence-corrected chi connectivity index (χ0v) is 15.3. The molecule has 28 heavy (non-hydrogen) atoms. The average Bonchev–Trinajstić information content (AvgIpc) is 3.46. The van der Waals surface area contributed by atoms with Crippen LogP contribution in [-0.4, -0.2) is 27.8 Å². The Bertz CT molecular complexity index is 924. The van der Waals surface area contributed by atoms with E-state index in [2.05, 4.69) is 25.8 Å². The maximum Gasteiger partial charge on any atom is 0.319 e. The molecular formula is C20H21N5O3. The number of anilines is 1. The first-order valence-corrected chi connectivity index (χ1v) is 9.27. The number of nitrogens with one attached hydrogen (secondary N) is 2. The number of benzene rings is 1. The van der Waals surface area contributed by atoms with Crippen molar-refractivity contribution in [1.29, 1.82) is 0 Å². The van der Waals surface area contributed by atoms with E-state index in [9.17, 15) is 4.79 Å². The van der Waals surface area contributed by atoms with Crippen LogP contribution in [0.5, 0.6) is 5.75 Å². The van der Waals surface area contributed by atoms with Crippen LogP contribution in [0.25, 0.3) is 0 Å². The Morgan fingerprint density at radius 2 is 2.04 bits per heavy atom. The molecule has 2 amide bonds. The Morgan fingerprint density at radius 3 is 2.86 bits per heavy atom. The molecule has 1 fully saturated rings. The highest BCUT2D eigenvalue weighted by molar-refractivity contribution is 5.90. The van der Waals surface area contributed by atoms with E-state index in [4.69, 9.17) is 9.26 Å². The van der Waals surface area contributed by atoms with Crippen molar-refractivity contribution >= 4 is 11.7 Å². The van der Waals surface area contributed by atoms with Crippen molar-refractivity contribution in [3.63, 3.8) is 0 Å². The minimum atomic E-state index is -0.369. The molecule has 1 aromatic carbocycles. The molecule has 4 rings (SSSR count). The Labute approximate surface area is 162 Å². The molecule has 0 bridgehead atoms. The van der Waals surface area contributed by atoms with Gasteiger partial charge in [-0.2, -0.15) is 4.98 Å². The number of urea groups is 1. The lowest BCUT2D eigenvalue weighted by Gasteiger charge is -2.12. The quantitative estimate of drug-likeness (QED) is 0.623. The number of amides is 2. The lowest BCUT2D eigenvalue weighted by Crippen LogP contribution is -2.28. The molecule has 8 nitrogen and oxygen atoms in total. The molecule has 2 heterocycles. The van der Waals surface area contributed by atoms with Gasteiger partial charge in [-0.1, -0.05) is 23.4 Å². The predicted octanol–water partition coefficient (Wildman–Crippen LogP) is 3.29. The molecule has 144 valence electrons. The number of pyridine rings is 1. The van der Waals surface area contributed by atoms with Crippen LogP contribution in [0.2, 0.25) is 0 Å². The topological polar surface area (TPSA) is 102 Å². The molecule has 0 radical (unpaired) electrons. The average molecular weight is 379 g/mol. The van der Waals surface area contributed by atoms with Crippen molar-refractivity contribution < 1.29 is 14.1 Å². The van der Waals surface area contributed by atoms with Gasteiger partial charge in [-0.25, -0.2) is 4.79 Å². The molecular weight excluding hydrogens is 358 g/mol. The normalized spacial score (nSPS) is 13.1. The molecule has 0 unspecified atom stereocenters. The molecule has 2 N–H and O–H groups in total. The first-order valence-electron chi connectivity index (χ1n) is 9.27. The van der Waals surface area contributed by atoms with Crippen LogP contribution < -0.4 is 15.4 Å². The van der Waals surface area contributed by atoms with Crippen molar-refractivity contribution in [2.24, 2.45) is 0 Å². The van der Waals surface area contributed by atoms with Crippen molar-refractivity contribution in [2.45, 2.75) is 31.7 Å². The molecule has 1 saturated carbocycles. The molecule has 2 aromatic heterocycles. The van der Waals surface area contributed by atoms with Gasteiger partial charge in [0.1, 0.15) is 5.75 Å². The van der Waals surface area contributed by atoms with E-state index in [0.29, 0.717) is 36.3 Å². The summed E-state index contributed by atoms with van der Waals surface area (Å²) in [7, 11) is 0. The monoisotopic (exact) mass is 379 g/mol. The summed E-state index contributed by atoms with van der Waals surface area (Å²) in [5.41, 5.74) is 1.54. The largest absolute Gasteiger partial charge is 0.491 e. The van der Waals surface area contributed by atoms with Crippen LogP contribution in [0.15, 0.2) is 53.2 Å². The number of nitrogens with zero attached hydrogens (tertiary/aromatic N) is 3. The van der Waals surface area contributed by atoms with Gasteiger partial charge >= 0.3 is 6.03 Å². The maximum atomic E-state index is 12.2. The lowest BCUT2D eigenvalue weighted by molar-refractivity contribution is 0.249. The maximum absolute atomic E-state index is 12.2. The van der Waals surface area contributed by atoms with E-state index in [1.807, 2.05) is 36.4 Å². The van der Waals surface area contributed by atoms with Gasteiger partial charge in [-0.15, -0.1) is 0 Å². The minimum Gasteiger partial charge on any atom is -0.491 e. The Balaban J connectivity index is 1.27. The van der Waals surface area contributed by atoms with Crippen LogP contribution in [0.3, 0.4) is 0 Å². The molecule has 8 heteroatoms. The number of carbonyl (C=O) groups is 1. The highest BCUT2D eigenvalue weighted by Crippen LogP contribution is 2.38. The van der Waals surface area contributed by atoms with Crippen LogP contribution in [-0.2, 0) is 13.0 Å². The summed E-state index contributed by atoms with van der Waals surface area (Å²) in [6.07, 6.45) is 4.64. The number of hydrogen-bond donors (Lipinski definition) is 2. The standard InChI is InChI=1S/C20H21N5O3/c26-20(22-13-18-24-19(25-28-18)14-8-9-14)23-16-6-1-2-7-17(16)27-12-10-15-5-3-4-11-21-15/h1-7,11,14H,8-10,12-13H2,(H2,22,23,26). The summed E-state index contributed by atoms with van der Waals surface area (Å²) in [4.78, 5) is 20.8. The summed E-state index contributed by atoms with van der Waals surface area (Å²) in [6, 6.07) is 12.7. The van der Waals surface area contributed by atoms with Gasteiger partial charge in [-0.05, 0) is 37.1 Å². The van der Waals surface area contributed by atoms with Crippen LogP contribution in [0.1, 0.15) is 36.2 Å². The molecule has 0 atom stereocenters. The fourth-order valence-electron chi connectivity index (χ4n) is 2.68. The van der Waals surface area contributed by atoms with Gasteiger partial charge in [0.25, 0.3) is 0 Å². The minimum absolute atomic E-state index is 0.175. The highest BCUT2D eigenvalue weighted by Gasteiger charge is 2.28. The zero-order chi connectivity index (χ0) is 19.2. The first-order chi connectivity index (χ1) is 13.8. The predicted molar refractivity (Wildman–Crippen MR) is 102 cm³/mol. The van der Waals surface area contributed by atoms with E-state index in [1.54, 1.807) is 12.3 Å². The van der Waals surface area contributed by atoms with Gasteiger partial charge in [0.2, 0.25) is 5.89 Å². The van der Waals surface area contributed by atoms with Gasteiger partial charge in [0.15, 0.2) is 5.82 Å². The van der Waals surface area contributed by atoms with Crippen molar-refractivity contribution in [3.8, 4) is 5.75 Å².